The van der Waals surface area contributed by atoms with Crippen LogP contribution in [-0.2, 0) is 6.54 Å². The molecule has 1 amide bonds. The van der Waals surface area contributed by atoms with Gasteiger partial charge in [0, 0.05) is 6.20 Å². The highest BCUT2D eigenvalue weighted by atomic mass is 19.1. The Labute approximate surface area is 89.5 Å². The van der Waals surface area contributed by atoms with E-state index >= 15 is 0 Å². The summed E-state index contributed by atoms with van der Waals surface area (Å²) >= 11 is 0. The third kappa shape index (κ3) is 2.19. The zero-order chi connectivity index (χ0) is 11.4. The van der Waals surface area contributed by atoms with Crippen LogP contribution in [0.2, 0.25) is 0 Å². The SMILES string of the molecule is O=C(NCc1ncccc1F)c1ncon1. The Morgan fingerprint density at radius 2 is 2.38 bits per heavy atom. The number of halogens is 1. The maximum atomic E-state index is 13.1. The van der Waals surface area contributed by atoms with Gasteiger partial charge in [-0.05, 0) is 12.1 Å². The molecule has 0 saturated heterocycles. The maximum Gasteiger partial charge on any atom is 0.293 e. The molecule has 0 aromatic carbocycles. The van der Waals surface area contributed by atoms with E-state index in [1.54, 1.807) is 0 Å². The van der Waals surface area contributed by atoms with Gasteiger partial charge in [0.05, 0.1) is 12.2 Å². The predicted octanol–water partition coefficient (Wildman–Crippen LogP) is 0.534. The lowest BCUT2D eigenvalue weighted by Gasteiger charge is -2.02. The first-order valence-electron chi connectivity index (χ1n) is 4.41. The summed E-state index contributed by atoms with van der Waals surface area (Å²) < 4.78 is 17.5. The van der Waals surface area contributed by atoms with Crippen molar-refractivity contribution in [1.29, 1.82) is 0 Å². The summed E-state index contributed by atoms with van der Waals surface area (Å²) in [7, 11) is 0. The number of carbonyl (C=O) groups excluding carboxylic acids is 1. The average molecular weight is 222 g/mol. The number of hydrogen-bond donors (Lipinski definition) is 1. The third-order valence-electron chi connectivity index (χ3n) is 1.82. The Balaban J connectivity index is 1.98. The minimum atomic E-state index is -0.543. The van der Waals surface area contributed by atoms with Gasteiger partial charge in [0.25, 0.3) is 11.7 Å². The van der Waals surface area contributed by atoms with Gasteiger partial charge in [-0.3, -0.25) is 9.78 Å². The summed E-state index contributed by atoms with van der Waals surface area (Å²) in [5.41, 5.74) is 0.152. The van der Waals surface area contributed by atoms with Crippen molar-refractivity contribution >= 4 is 5.91 Å². The highest BCUT2D eigenvalue weighted by Crippen LogP contribution is 2.01. The summed E-state index contributed by atoms with van der Waals surface area (Å²) in [6.45, 7) is -0.0277. The maximum absolute atomic E-state index is 13.1. The van der Waals surface area contributed by atoms with Crippen molar-refractivity contribution < 1.29 is 13.7 Å². The Hall–Kier alpha value is -2.31. The molecule has 82 valence electrons. The Morgan fingerprint density at radius 1 is 1.50 bits per heavy atom. The van der Waals surface area contributed by atoms with Crippen LogP contribution in [0.1, 0.15) is 16.3 Å². The summed E-state index contributed by atoms with van der Waals surface area (Å²) in [6.07, 6.45) is 2.48. The van der Waals surface area contributed by atoms with Crippen LogP contribution < -0.4 is 5.32 Å². The first-order chi connectivity index (χ1) is 7.77. The second kappa shape index (κ2) is 4.47. The highest BCUT2D eigenvalue weighted by Gasteiger charge is 2.11. The van der Waals surface area contributed by atoms with Crippen molar-refractivity contribution in [1.82, 2.24) is 20.4 Å². The number of hydrogen-bond acceptors (Lipinski definition) is 5. The van der Waals surface area contributed by atoms with Crippen molar-refractivity contribution in [2.75, 3.05) is 0 Å². The monoisotopic (exact) mass is 222 g/mol. The average Bonchev–Trinajstić information content (AvgIpc) is 2.81. The molecule has 1 N–H and O–H groups in total. The second-order valence-electron chi connectivity index (χ2n) is 2.87. The van der Waals surface area contributed by atoms with E-state index in [1.807, 2.05) is 0 Å². The molecule has 0 spiro atoms. The van der Waals surface area contributed by atoms with Crippen LogP contribution in [0.5, 0.6) is 0 Å². The fourth-order valence-corrected chi connectivity index (χ4v) is 1.06. The number of amides is 1. The number of carbonyl (C=O) groups is 1. The van der Waals surface area contributed by atoms with Gasteiger partial charge in [0.1, 0.15) is 5.82 Å². The predicted molar refractivity (Wildman–Crippen MR) is 49.7 cm³/mol. The highest BCUT2D eigenvalue weighted by molar-refractivity contribution is 5.89. The lowest BCUT2D eigenvalue weighted by atomic mass is 10.3. The van der Waals surface area contributed by atoms with Crippen LogP contribution in [0.15, 0.2) is 29.2 Å². The number of nitrogens with zero attached hydrogens (tertiary/aromatic N) is 3. The van der Waals surface area contributed by atoms with E-state index in [-0.39, 0.29) is 18.1 Å². The molecule has 0 radical (unpaired) electrons. The molecule has 0 fully saturated rings. The Kier molecular flexibility index (Phi) is 2.86. The molecule has 0 aliphatic carbocycles. The molecule has 0 aliphatic heterocycles. The lowest BCUT2D eigenvalue weighted by molar-refractivity contribution is 0.0936. The van der Waals surface area contributed by atoms with E-state index in [0.29, 0.717) is 0 Å². The van der Waals surface area contributed by atoms with E-state index < -0.39 is 11.7 Å². The van der Waals surface area contributed by atoms with Crippen LogP contribution in [0.25, 0.3) is 0 Å². The number of pyridine rings is 1. The smallest absolute Gasteiger partial charge is 0.293 e. The van der Waals surface area contributed by atoms with Crippen LogP contribution in [0, 0.1) is 5.82 Å². The molecule has 6 nitrogen and oxygen atoms in total. The van der Waals surface area contributed by atoms with E-state index in [4.69, 9.17) is 0 Å². The van der Waals surface area contributed by atoms with Crippen LogP contribution in [-0.4, -0.2) is 21.0 Å². The molecule has 2 aromatic heterocycles. The third-order valence-corrected chi connectivity index (χ3v) is 1.82. The van der Waals surface area contributed by atoms with E-state index in [1.165, 1.54) is 18.3 Å². The van der Waals surface area contributed by atoms with Gasteiger partial charge in [-0.15, -0.1) is 0 Å². The Bertz CT molecular complexity index is 486. The second-order valence-corrected chi connectivity index (χ2v) is 2.87. The molecule has 2 rings (SSSR count). The van der Waals surface area contributed by atoms with Gasteiger partial charge < -0.3 is 9.84 Å². The van der Waals surface area contributed by atoms with E-state index in [2.05, 4.69) is 25.0 Å². The standard InChI is InChI=1S/C9H7FN4O2/c10-6-2-1-3-11-7(6)4-12-9(15)8-13-5-16-14-8/h1-3,5H,4H2,(H,12,15). The van der Waals surface area contributed by atoms with Gasteiger partial charge in [0.15, 0.2) is 0 Å². The molecule has 0 aliphatic rings. The van der Waals surface area contributed by atoms with Crippen molar-refractivity contribution in [3.05, 3.63) is 42.1 Å². The van der Waals surface area contributed by atoms with Gasteiger partial charge in [-0.1, -0.05) is 5.16 Å². The topological polar surface area (TPSA) is 80.9 Å². The number of nitrogens with one attached hydrogen (secondary N) is 1. The zero-order valence-corrected chi connectivity index (χ0v) is 8.05. The van der Waals surface area contributed by atoms with Crippen molar-refractivity contribution in [2.45, 2.75) is 6.54 Å². The van der Waals surface area contributed by atoms with E-state index in [9.17, 15) is 9.18 Å². The van der Waals surface area contributed by atoms with E-state index in [0.717, 1.165) is 6.39 Å². The minimum absolute atomic E-state index is 0.0277. The summed E-state index contributed by atoms with van der Waals surface area (Å²) in [5, 5.41) is 5.75. The van der Waals surface area contributed by atoms with Crippen LogP contribution >= 0.6 is 0 Å². The minimum Gasteiger partial charge on any atom is -0.343 e. The molecular weight excluding hydrogens is 215 g/mol. The van der Waals surface area contributed by atoms with Crippen molar-refractivity contribution in [2.24, 2.45) is 0 Å². The first-order valence-corrected chi connectivity index (χ1v) is 4.41. The largest absolute Gasteiger partial charge is 0.343 e. The van der Waals surface area contributed by atoms with Gasteiger partial charge in [0.2, 0.25) is 6.39 Å². The Morgan fingerprint density at radius 3 is 3.06 bits per heavy atom. The van der Waals surface area contributed by atoms with Gasteiger partial charge in [-0.2, -0.15) is 4.98 Å². The van der Waals surface area contributed by atoms with Crippen molar-refractivity contribution in [3.8, 4) is 0 Å². The van der Waals surface area contributed by atoms with Crippen molar-refractivity contribution in [3.63, 3.8) is 0 Å². The zero-order valence-electron chi connectivity index (χ0n) is 8.05. The molecule has 2 aromatic rings. The summed E-state index contributed by atoms with van der Waals surface area (Å²) in [5.74, 6) is -1.12. The fourth-order valence-electron chi connectivity index (χ4n) is 1.06. The fraction of sp³-hybridized carbons (Fsp3) is 0.111. The van der Waals surface area contributed by atoms with Crippen LogP contribution in [0.3, 0.4) is 0 Å². The molecule has 0 saturated carbocycles. The molecule has 7 heteroatoms. The van der Waals surface area contributed by atoms with Gasteiger partial charge >= 0.3 is 0 Å². The lowest BCUT2D eigenvalue weighted by Crippen LogP contribution is -2.24. The molecule has 0 unspecified atom stereocenters. The molecular formula is C9H7FN4O2. The van der Waals surface area contributed by atoms with Gasteiger partial charge in [-0.25, -0.2) is 4.39 Å². The molecule has 0 atom stereocenters. The summed E-state index contributed by atoms with van der Waals surface area (Å²) in [4.78, 5) is 18.7. The number of aromatic nitrogens is 3. The molecule has 16 heavy (non-hydrogen) atoms. The number of rotatable bonds is 3. The normalized spacial score (nSPS) is 10.1. The van der Waals surface area contributed by atoms with Crippen LogP contribution in [0.4, 0.5) is 4.39 Å². The quantitative estimate of drug-likeness (QED) is 0.819. The summed E-state index contributed by atoms with van der Waals surface area (Å²) in [6, 6.07) is 2.74. The first kappa shape index (κ1) is 10.2. The molecule has 2 heterocycles. The molecule has 0 bridgehead atoms.